The van der Waals surface area contributed by atoms with Gasteiger partial charge in [-0.1, -0.05) is 0 Å². The number of benzene rings is 1. The predicted octanol–water partition coefficient (Wildman–Crippen LogP) is 1.62. The highest BCUT2D eigenvalue weighted by atomic mass is 19.1. The number of aliphatic carboxylic acids is 1. The van der Waals surface area contributed by atoms with Gasteiger partial charge in [0.25, 0.3) is 5.91 Å². The number of pyridine rings is 1. The van der Waals surface area contributed by atoms with Crippen molar-refractivity contribution in [2.45, 2.75) is 38.5 Å². The number of rotatable bonds is 7. The van der Waals surface area contributed by atoms with Gasteiger partial charge in [-0.3, -0.25) is 19.4 Å². The van der Waals surface area contributed by atoms with Crippen LogP contribution in [0.3, 0.4) is 0 Å². The molecule has 0 spiro atoms. The molecule has 0 bridgehead atoms. The van der Waals surface area contributed by atoms with Gasteiger partial charge in [-0.05, 0) is 43.2 Å². The van der Waals surface area contributed by atoms with Gasteiger partial charge in [0.1, 0.15) is 11.9 Å². The third kappa shape index (κ3) is 3.95. The summed E-state index contributed by atoms with van der Waals surface area (Å²) in [6.07, 6.45) is 0.196. The molecule has 0 saturated heterocycles. The summed E-state index contributed by atoms with van der Waals surface area (Å²) in [5, 5.41) is 18.6. The number of halogens is 1. The van der Waals surface area contributed by atoms with E-state index in [1.54, 1.807) is 19.1 Å². The molecule has 9 heteroatoms. The van der Waals surface area contributed by atoms with Crippen molar-refractivity contribution in [1.29, 1.82) is 0 Å². The molecule has 1 aromatic carbocycles. The number of fused-ring (bicyclic) bond motifs is 1. The maximum Gasteiger partial charge on any atom is 0.303 e. The molecule has 4 N–H and O–H groups in total. The fourth-order valence-corrected chi connectivity index (χ4v) is 3.39. The van der Waals surface area contributed by atoms with Crippen molar-refractivity contribution in [2.24, 2.45) is 5.73 Å². The van der Waals surface area contributed by atoms with Gasteiger partial charge in [0, 0.05) is 29.3 Å². The zero-order valence-corrected chi connectivity index (χ0v) is 15.6. The molecule has 0 radical (unpaired) electrons. The highest BCUT2D eigenvalue weighted by molar-refractivity contribution is 6.01. The lowest BCUT2D eigenvalue weighted by atomic mass is 10.0. The molecule has 0 saturated carbocycles. The number of carboxylic acid groups (broad SMARTS) is 1. The smallest absolute Gasteiger partial charge is 0.303 e. The average molecular weight is 401 g/mol. The molecule has 1 aliphatic heterocycles. The number of aliphatic hydroxyl groups excluding tert-OH is 1. The van der Waals surface area contributed by atoms with Crippen molar-refractivity contribution in [3.05, 3.63) is 53.0 Å². The van der Waals surface area contributed by atoms with Crippen LogP contribution in [0.2, 0.25) is 0 Å². The number of hydrogen-bond donors (Lipinski definition) is 3. The minimum atomic E-state index is -1.15. The standard InChI is InChI=1S/C20H20FN3O5/c1-10(25)11-6-7-23-15(8-11)13-3-2-12-14(18(13)21)9-24(20(12)29)16(19(22)28)4-5-17(26)27/h2-3,6-8,10,16,25H,4-5,9H2,1H3,(H2,22,28)(H,26,27). The Hall–Kier alpha value is -3.33. The molecule has 3 rings (SSSR count). The Morgan fingerprint density at radius 2 is 2.00 bits per heavy atom. The maximum atomic E-state index is 15.2. The van der Waals surface area contributed by atoms with E-state index in [2.05, 4.69) is 4.98 Å². The Labute approximate surface area is 165 Å². The molecule has 2 heterocycles. The Morgan fingerprint density at radius 3 is 2.62 bits per heavy atom. The highest BCUT2D eigenvalue weighted by Crippen LogP contribution is 2.33. The van der Waals surface area contributed by atoms with Crippen LogP contribution in [0.5, 0.6) is 0 Å². The van der Waals surface area contributed by atoms with Crippen LogP contribution >= 0.6 is 0 Å². The zero-order valence-electron chi connectivity index (χ0n) is 15.6. The molecule has 0 fully saturated rings. The first-order chi connectivity index (χ1) is 13.7. The van der Waals surface area contributed by atoms with Crippen LogP contribution in [0.1, 0.15) is 47.4 Å². The van der Waals surface area contributed by atoms with Crippen molar-refractivity contribution >= 4 is 17.8 Å². The summed E-state index contributed by atoms with van der Waals surface area (Å²) in [4.78, 5) is 40.5. The van der Waals surface area contributed by atoms with Crippen LogP contribution in [0.25, 0.3) is 11.3 Å². The molecule has 0 aliphatic carbocycles. The quantitative estimate of drug-likeness (QED) is 0.645. The largest absolute Gasteiger partial charge is 0.481 e. The van der Waals surface area contributed by atoms with Gasteiger partial charge in [0.2, 0.25) is 5.91 Å². The lowest BCUT2D eigenvalue weighted by Gasteiger charge is -2.24. The van der Waals surface area contributed by atoms with Crippen molar-refractivity contribution in [2.75, 3.05) is 0 Å². The van der Waals surface area contributed by atoms with Gasteiger partial charge in [-0.15, -0.1) is 0 Å². The second-order valence-corrected chi connectivity index (χ2v) is 6.89. The maximum absolute atomic E-state index is 15.2. The van der Waals surface area contributed by atoms with Gasteiger partial charge < -0.3 is 20.8 Å². The normalized spacial score (nSPS) is 15.1. The molecule has 2 atom stereocenters. The Kier molecular flexibility index (Phi) is 5.60. The lowest BCUT2D eigenvalue weighted by Crippen LogP contribution is -2.45. The van der Waals surface area contributed by atoms with Crippen molar-refractivity contribution in [3.8, 4) is 11.3 Å². The molecule has 2 amide bonds. The van der Waals surface area contributed by atoms with E-state index in [1.165, 1.54) is 18.3 Å². The Morgan fingerprint density at radius 1 is 1.31 bits per heavy atom. The molecule has 2 aromatic rings. The van der Waals surface area contributed by atoms with Crippen LogP contribution < -0.4 is 5.73 Å². The summed E-state index contributed by atoms with van der Waals surface area (Å²) in [5.74, 6) is -3.21. The second kappa shape index (κ2) is 7.96. The van der Waals surface area contributed by atoms with E-state index in [9.17, 15) is 19.5 Å². The number of nitrogens with zero attached hydrogens (tertiary/aromatic N) is 2. The fraction of sp³-hybridized carbons (Fsp3) is 0.300. The molecular formula is C20H20FN3O5. The first kappa shape index (κ1) is 20.4. The molecule has 29 heavy (non-hydrogen) atoms. The van der Waals surface area contributed by atoms with Crippen LogP contribution in [0.15, 0.2) is 30.5 Å². The number of carboxylic acids is 1. The Bertz CT molecular complexity index is 992. The lowest BCUT2D eigenvalue weighted by molar-refractivity contribution is -0.137. The molecule has 1 aliphatic rings. The first-order valence-corrected chi connectivity index (χ1v) is 8.98. The average Bonchev–Trinajstić information content (AvgIpc) is 2.99. The van der Waals surface area contributed by atoms with E-state index in [4.69, 9.17) is 10.8 Å². The van der Waals surface area contributed by atoms with E-state index < -0.39 is 35.7 Å². The third-order valence-corrected chi connectivity index (χ3v) is 4.94. The van der Waals surface area contributed by atoms with Gasteiger partial charge in [0.15, 0.2) is 0 Å². The SMILES string of the molecule is CC(O)c1ccnc(-c2ccc3c(c2F)CN(C(CCC(=O)O)C(N)=O)C3=O)c1. The number of amides is 2. The van der Waals surface area contributed by atoms with Crippen LogP contribution in [0.4, 0.5) is 4.39 Å². The molecular weight excluding hydrogens is 381 g/mol. The molecule has 152 valence electrons. The number of carbonyl (C=O) groups excluding carboxylic acids is 2. The number of aromatic nitrogens is 1. The van der Waals surface area contributed by atoms with Gasteiger partial charge >= 0.3 is 5.97 Å². The summed E-state index contributed by atoms with van der Waals surface area (Å²) < 4.78 is 15.2. The summed E-state index contributed by atoms with van der Waals surface area (Å²) in [6.45, 7) is 1.38. The first-order valence-electron chi connectivity index (χ1n) is 8.98. The van der Waals surface area contributed by atoms with E-state index >= 15 is 4.39 Å². The van der Waals surface area contributed by atoms with E-state index in [-0.39, 0.29) is 36.1 Å². The minimum Gasteiger partial charge on any atom is -0.481 e. The van der Waals surface area contributed by atoms with Crippen molar-refractivity contribution < 1.29 is 29.0 Å². The number of nitrogens with two attached hydrogens (primary N) is 1. The monoisotopic (exact) mass is 401 g/mol. The van der Waals surface area contributed by atoms with Gasteiger partial charge in [-0.25, -0.2) is 4.39 Å². The second-order valence-electron chi connectivity index (χ2n) is 6.89. The minimum absolute atomic E-state index is 0.0957. The third-order valence-electron chi connectivity index (χ3n) is 4.94. The molecule has 1 aromatic heterocycles. The number of aliphatic hydroxyl groups is 1. The van der Waals surface area contributed by atoms with E-state index in [1.807, 2.05) is 0 Å². The summed E-state index contributed by atoms with van der Waals surface area (Å²) in [5.41, 5.74) is 6.56. The fourth-order valence-electron chi connectivity index (χ4n) is 3.39. The van der Waals surface area contributed by atoms with Crippen LogP contribution in [-0.2, 0) is 16.1 Å². The van der Waals surface area contributed by atoms with E-state index in [0.29, 0.717) is 11.3 Å². The van der Waals surface area contributed by atoms with Crippen molar-refractivity contribution in [3.63, 3.8) is 0 Å². The number of primary amides is 1. The summed E-state index contributed by atoms with van der Waals surface area (Å²) in [6, 6.07) is 4.89. The Balaban J connectivity index is 1.96. The van der Waals surface area contributed by atoms with Crippen LogP contribution in [-0.4, -0.2) is 43.9 Å². The zero-order chi connectivity index (χ0) is 21.3. The van der Waals surface area contributed by atoms with Crippen LogP contribution in [0, 0.1) is 5.82 Å². The molecule has 2 unspecified atom stereocenters. The topological polar surface area (TPSA) is 134 Å². The summed E-state index contributed by atoms with van der Waals surface area (Å²) in [7, 11) is 0. The van der Waals surface area contributed by atoms with Gasteiger partial charge in [0.05, 0.1) is 18.3 Å². The predicted molar refractivity (Wildman–Crippen MR) is 100.0 cm³/mol. The van der Waals surface area contributed by atoms with Gasteiger partial charge in [-0.2, -0.15) is 0 Å². The summed E-state index contributed by atoms with van der Waals surface area (Å²) >= 11 is 0. The van der Waals surface area contributed by atoms with Crippen molar-refractivity contribution in [1.82, 2.24) is 9.88 Å². The highest BCUT2D eigenvalue weighted by Gasteiger charge is 2.37. The number of hydrogen-bond acceptors (Lipinski definition) is 5. The molecule has 8 nitrogen and oxygen atoms in total. The van der Waals surface area contributed by atoms with E-state index in [0.717, 1.165) is 4.90 Å². The number of carbonyl (C=O) groups is 3.